The zero-order chi connectivity index (χ0) is 10.3. The van der Waals surface area contributed by atoms with Gasteiger partial charge < -0.3 is 13.0 Å². The first-order valence-electron chi connectivity index (χ1n) is 4.00. The van der Waals surface area contributed by atoms with Gasteiger partial charge in [-0.3, -0.25) is 4.79 Å². The molecular formula is C7H16O4SSi. The van der Waals surface area contributed by atoms with Gasteiger partial charge in [-0.2, -0.15) is 0 Å². The predicted octanol–water partition coefficient (Wildman–Crippen LogP) is 1.56. The van der Waals surface area contributed by atoms with Crippen molar-refractivity contribution in [2.75, 3.05) is 20.0 Å². The molecule has 0 aliphatic heterocycles. The predicted molar refractivity (Wildman–Crippen MR) is 54.7 cm³/mol. The standard InChI is InChI=1S/C7H16O4SSi/c1-5-12-11-7(8)6-13(4,9-2)10-3/h5-6H2,1-4H3. The van der Waals surface area contributed by atoms with Crippen molar-refractivity contribution in [3.63, 3.8) is 0 Å². The zero-order valence-electron chi connectivity index (χ0n) is 8.46. The fourth-order valence-corrected chi connectivity index (χ4v) is 2.11. The summed E-state index contributed by atoms with van der Waals surface area (Å²) in [5, 5.41) is 0. The molecule has 0 atom stereocenters. The van der Waals surface area contributed by atoms with Gasteiger partial charge in [0.2, 0.25) is 0 Å². The van der Waals surface area contributed by atoms with Gasteiger partial charge in [-0.15, -0.1) is 0 Å². The highest BCUT2D eigenvalue weighted by atomic mass is 32.2. The lowest BCUT2D eigenvalue weighted by atomic mass is 10.8. The Labute approximate surface area is 84.4 Å². The van der Waals surface area contributed by atoms with Crippen LogP contribution in [-0.2, 0) is 17.8 Å². The molecule has 0 heterocycles. The van der Waals surface area contributed by atoms with Crippen LogP contribution in [-0.4, -0.2) is 34.5 Å². The van der Waals surface area contributed by atoms with E-state index in [0.29, 0.717) is 0 Å². The maximum absolute atomic E-state index is 11.2. The van der Waals surface area contributed by atoms with Gasteiger partial charge in [-0.05, 0) is 6.55 Å². The summed E-state index contributed by atoms with van der Waals surface area (Å²) in [6.07, 6.45) is 0. The van der Waals surface area contributed by atoms with Crippen molar-refractivity contribution in [1.29, 1.82) is 0 Å². The highest BCUT2D eigenvalue weighted by molar-refractivity contribution is 7.95. The molecule has 0 aromatic rings. The molecule has 0 aromatic heterocycles. The highest BCUT2D eigenvalue weighted by Gasteiger charge is 2.33. The molecule has 0 N–H and O–H groups in total. The second-order valence-electron chi connectivity index (χ2n) is 2.58. The summed E-state index contributed by atoms with van der Waals surface area (Å²) < 4.78 is 15.1. The Kier molecular flexibility index (Phi) is 6.40. The average molecular weight is 224 g/mol. The van der Waals surface area contributed by atoms with Crippen LogP contribution in [0.25, 0.3) is 0 Å². The van der Waals surface area contributed by atoms with Crippen molar-refractivity contribution in [1.82, 2.24) is 0 Å². The maximum atomic E-state index is 11.2. The van der Waals surface area contributed by atoms with E-state index < -0.39 is 8.56 Å². The van der Waals surface area contributed by atoms with Crippen LogP contribution in [0.5, 0.6) is 0 Å². The van der Waals surface area contributed by atoms with E-state index in [1.807, 2.05) is 13.5 Å². The highest BCUT2D eigenvalue weighted by Crippen LogP contribution is 2.14. The molecule has 0 bridgehead atoms. The van der Waals surface area contributed by atoms with Crippen LogP contribution in [0.1, 0.15) is 6.92 Å². The van der Waals surface area contributed by atoms with Crippen LogP contribution in [0.3, 0.4) is 0 Å². The van der Waals surface area contributed by atoms with Crippen LogP contribution < -0.4 is 0 Å². The Morgan fingerprint density at radius 3 is 2.31 bits per heavy atom. The monoisotopic (exact) mass is 224 g/mol. The summed E-state index contributed by atoms with van der Waals surface area (Å²) in [5.74, 6) is 0.481. The molecular weight excluding hydrogens is 208 g/mol. The molecule has 13 heavy (non-hydrogen) atoms. The SMILES string of the molecule is CCSOC(=O)C[Si](C)(OC)OC. The topological polar surface area (TPSA) is 44.8 Å². The van der Waals surface area contributed by atoms with Gasteiger partial charge in [-0.1, -0.05) is 6.92 Å². The molecule has 0 spiro atoms. The summed E-state index contributed by atoms with van der Waals surface area (Å²) in [7, 11) is 0.805. The van der Waals surface area contributed by atoms with E-state index in [2.05, 4.69) is 0 Å². The Morgan fingerprint density at radius 1 is 1.38 bits per heavy atom. The van der Waals surface area contributed by atoms with Crippen LogP contribution >= 0.6 is 12.0 Å². The molecule has 0 saturated carbocycles. The van der Waals surface area contributed by atoms with Crippen LogP contribution in [0, 0.1) is 0 Å². The summed E-state index contributed by atoms with van der Waals surface area (Å²) in [4.78, 5) is 11.2. The number of hydrogen-bond donors (Lipinski definition) is 0. The summed E-state index contributed by atoms with van der Waals surface area (Å²) in [6, 6.07) is 0.229. The van der Waals surface area contributed by atoms with E-state index in [4.69, 9.17) is 13.0 Å². The quantitative estimate of drug-likeness (QED) is 0.506. The minimum Gasteiger partial charge on any atom is -0.397 e. The molecule has 0 radical (unpaired) electrons. The molecule has 0 fully saturated rings. The Balaban J connectivity index is 3.87. The summed E-state index contributed by atoms with van der Waals surface area (Å²) in [6.45, 7) is 3.74. The fraction of sp³-hybridized carbons (Fsp3) is 0.857. The van der Waals surface area contributed by atoms with Crippen LogP contribution in [0.4, 0.5) is 0 Å². The van der Waals surface area contributed by atoms with Crippen molar-refractivity contribution in [3.8, 4) is 0 Å². The van der Waals surface area contributed by atoms with E-state index in [1.165, 1.54) is 0 Å². The molecule has 0 rings (SSSR count). The van der Waals surface area contributed by atoms with Crippen molar-refractivity contribution in [3.05, 3.63) is 0 Å². The first kappa shape index (κ1) is 13.0. The van der Waals surface area contributed by atoms with Gasteiger partial charge in [0, 0.05) is 20.0 Å². The Morgan fingerprint density at radius 2 is 1.92 bits per heavy atom. The third-order valence-corrected chi connectivity index (χ3v) is 4.80. The van der Waals surface area contributed by atoms with Crippen molar-refractivity contribution < 1.29 is 17.8 Å². The molecule has 0 unspecified atom stereocenters. The molecule has 0 amide bonds. The first-order chi connectivity index (χ1) is 6.08. The fourth-order valence-electron chi connectivity index (χ4n) is 0.644. The average Bonchev–Trinajstić information content (AvgIpc) is 2.14. The Hall–Kier alpha value is -0.0431. The number of hydrogen-bond acceptors (Lipinski definition) is 5. The largest absolute Gasteiger partial charge is 0.397 e. The molecule has 78 valence electrons. The minimum absolute atomic E-state index is 0.229. The van der Waals surface area contributed by atoms with Gasteiger partial charge in [0.25, 0.3) is 0 Å². The van der Waals surface area contributed by atoms with Crippen molar-refractivity contribution >= 4 is 26.6 Å². The third kappa shape index (κ3) is 5.30. The number of carbonyl (C=O) groups excluding carboxylic acids is 1. The second-order valence-corrected chi connectivity index (χ2v) is 7.00. The van der Waals surface area contributed by atoms with E-state index >= 15 is 0 Å². The molecule has 0 aliphatic rings. The van der Waals surface area contributed by atoms with Crippen molar-refractivity contribution in [2.24, 2.45) is 0 Å². The second kappa shape index (κ2) is 6.42. The molecule has 4 nitrogen and oxygen atoms in total. The van der Waals surface area contributed by atoms with Crippen molar-refractivity contribution in [2.45, 2.75) is 19.5 Å². The smallest absolute Gasteiger partial charge is 0.345 e. The first-order valence-corrected chi connectivity index (χ1v) is 7.44. The lowest BCUT2D eigenvalue weighted by Crippen LogP contribution is -2.38. The summed E-state index contributed by atoms with van der Waals surface area (Å²) >= 11 is 1.14. The Bertz CT molecular complexity index is 161. The van der Waals surface area contributed by atoms with Gasteiger partial charge >= 0.3 is 14.5 Å². The van der Waals surface area contributed by atoms with Gasteiger partial charge in [0.1, 0.15) is 0 Å². The van der Waals surface area contributed by atoms with Gasteiger partial charge in [0.15, 0.2) is 0 Å². The number of carbonyl (C=O) groups is 1. The lowest BCUT2D eigenvalue weighted by Gasteiger charge is -2.20. The van der Waals surface area contributed by atoms with Crippen LogP contribution in [0.2, 0.25) is 12.6 Å². The third-order valence-electron chi connectivity index (χ3n) is 1.60. The van der Waals surface area contributed by atoms with Gasteiger partial charge in [0.05, 0.1) is 18.1 Å². The normalized spacial score (nSPS) is 11.4. The molecule has 0 aliphatic carbocycles. The molecule has 0 aromatic carbocycles. The van der Waals surface area contributed by atoms with E-state index in [1.54, 1.807) is 14.2 Å². The number of rotatable bonds is 6. The zero-order valence-corrected chi connectivity index (χ0v) is 10.3. The minimum atomic E-state index is -2.30. The molecule has 0 saturated heterocycles. The lowest BCUT2D eigenvalue weighted by molar-refractivity contribution is -0.131. The summed E-state index contributed by atoms with van der Waals surface area (Å²) in [5.41, 5.74) is 0. The van der Waals surface area contributed by atoms with Crippen LogP contribution in [0.15, 0.2) is 0 Å². The molecule has 6 heteroatoms. The maximum Gasteiger partial charge on any atom is 0.345 e. The van der Waals surface area contributed by atoms with E-state index in [9.17, 15) is 4.79 Å². The van der Waals surface area contributed by atoms with E-state index in [0.717, 1.165) is 17.8 Å². The van der Waals surface area contributed by atoms with E-state index in [-0.39, 0.29) is 12.0 Å². The van der Waals surface area contributed by atoms with Gasteiger partial charge in [-0.25, -0.2) is 0 Å².